The maximum atomic E-state index is 11.8. The van der Waals surface area contributed by atoms with Crippen molar-refractivity contribution in [3.63, 3.8) is 0 Å². The summed E-state index contributed by atoms with van der Waals surface area (Å²) in [6.45, 7) is 0. The minimum atomic E-state index is -0.904. The lowest BCUT2D eigenvalue weighted by Gasteiger charge is -2.41. The van der Waals surface area contributed by atoms with Crippen LogP contribution in [-0.4, -0.2) is 22.4 Å². The van der Waals surface area contributed by atoms with Gasteiger partial charge < -0.3 is 10.2 Å². The molecule has 2 atom stereocenters. The molecule has 4 aromatic rings. The van der Waals surface area contributed by atoms with E-state index in [0.29, 0.717) is 12.8 Å². The molecule has 0 fully saturated rings. The lowest BCUT2D eigenvalue weighted by atomic mass is 9.66. The van der Waals surface area contributed by atoms with Crippen LogP contribution in [0.1, 0.15) is 22.3 Å². The highest BCUT2D eigenvalue weighted by Gasteiger charge is 2.52. The Kier molecular flexibility index (Phi) is 5.19. The second-order valence-corrected chi connectivity index (χ2v) is 8.37. The van der Waals surface area contributed by atoms with Gasteiger partial charge in [0, 0.05) is 0 Å². The molecule has 154 valence electrons. The molecule has 0 amide bonds. The van der Waals surface area contributed by atoms with Crippen LogP contribution in [0.2, 0.25) is 0 Å². The second-order valence-electron chi connectivity index (χ2n) is 8.37. The van der Waals surface area contributed by atoms with Crippen molar-refractivity contribution >= 4 is 0 Å². The Balaban J connectivity index is 1.68. The first kappa shape index (κ1) is 19.7. The SMILES string of the molecule is OC(Cc1ccccc1)C1(C(O)Cc2ccccc2)c2ccccc2-c2ccccc21. The molecule has 2 heteroatoms. The van der Waals surface area contributed by atoms with Gasteiger partial charge in [-0.2, -0.15) is 0 Å². The van der Waals surface area contributed by atoms with E-state index in [2.05, 4.69) is 24.3 Å². The Bertz CT molecular complexity index is 1070. The predicted octanol–water partition coefficient (Wildman–Crippen LogP) is 5.16. The fourth-order valence-corrected chi connectivity index (χ4v) is 5.24. The van der Waals surface area contributed by atoms with Crippen LogP contribution in [0.15, 0.2) is 109 Å². The molecule has 0 aliphatic heterocycles. The van der Waals surface area contributed by atoms with Gasteiger partial charge in [0.15, 0.2) is 0 Å². The van der Waals surface area contributed by atoms with Crippen molar-refractivity contribution in [2.75, 3.05) is 0 Å². The zero-order chi connectivity index (χ0) is 21.3. The van der Waals surface area contributed by atoms with E-state index < -0.39 is 17.6 Å². The average Bonchev–Trinajstić information content (AvgIpc) is 3.12. The van der Waals surface area contributed by atoms with Crippen LogP contribution in [-0.2, 0) is 18.3 Å². The summed E-state index contributed by atoms with van der Waals surface area (Å²) in [5.74, 6) is 0. The van der Waals surface area contributed by atoms with E-state index in [1.54, 1.807) is 0 Å². The van der Waals surface area contributed by atoms with Gasteiger partial charge in [-0.25, -0.2) is 0 Å². The molecule has 1 aliphatic rings. The van der Waals surface area contributed by atoms with Crippen molar-refractivity contribution in [2.45, 2.75) is 30.5 Å². The largest absolute Gasteiger partial charge is 0.391 e. The van der Waals surface area contributed by atoms with Crippen LogP contribution < -0.4 is 0 Å². The molecular formula is C29H26O2. The first-order valence-corrected chi connectivity index (χ1v) is 10.8. The summed E-state index contributed by atoms with van der Waals surface area (Å²) in [6.07, 6.45) is -0.623. The van der Waals surface area contributed by atoms with E-state index in [1.165, 1.54) is 0 Å². The maximum absolute atomic E-state index is 11.8. The highest BCUT2D eigenvalue weighted by atomic mass is 16.3. The average molecular weight is 407 g/mol. The third-order valence-electron chi connectivity index (χ3n) is 6.63. The van der Waals surface area contributed by atoms with Crippen molar-refractivity contribution in [3.8, 4) is 11.1 Å². The van der Waals surface area contributed by atoms with Gasteiger partial charge in [-0.05, 0) is 46.2 Å². The topological polar surface area (TPSA) is 40.5 Å². The number of fused-ring (bicyclic) bond motifs is 3. The molecule has 5 rings (SSSR count). The lowest BCUT2D eigenvalue weighted by molar-refractivity contribution is 0.00873. The zero-order valence-electron chi connectivity index (χ0n) is 17.4. The first-order chi connectivity index (χ1) is 15.2. The highest BCUT2D eigenvalue weighted by molar-refractivity contribution is 5.82. The monoisotopic (exact) mass is 406 g/mol. The summed E-state index contributed by atoms with van der Waals surface area (Å²) in [6, 6.07) is 36.5. The van der Waals surface area contributed by atoms with Crippen LogP contribution in [0.3, 0.4) is 0 Å². The molecule has 31 heavy (non-hydrogen) atoms. The van der Waals surface area contributed by atoms with Gasteiger partial charge in [-0.15, -0.1) is 0 Å². The third-order valence-corrected chi connectivity index (χ3v) is 6.63. The Hall–Kier alpha value is -3.20. The Morgan fingerprint density at radius 2 is 0.839 bits per heavy atom. The number of rotatable bonds is 6. The number of benzene rings is 4. The summed E-state index contributed by atoms with van der Waals surface area (Å²) < 4.78 is 0. The van der Waals surface area contributed by atoms with Gasteiger partial charge >= 0.3 is 0 Å². The molecule has 0 saturated carbocycles. The van der Waals surface area contributed by atoms with Gasteiger partial charge in [0.25, 0.3) is 0 Å². The molecule has 0 radical (unpaired) electrons. The van der Waals surface area contributed by atoms with E-state index in [9.17, 15) is 10.2 Å². The van der Waals surface area contributed by atoms with Crippen molar-refractivity contribution < 1.29 is 10.2 Å². The maximum Gasteiger partial charge on any atom is 0.0743 e. The molecule has 1 aliphatic carbocycles. The van der Waals surface area contributed by atoms with Gasteiger partial charge in [-0.3, -0.25) is 0 Å². The minimum absolute atomic E-state index is 0.468. The second kappa shape index (κ2) is 8.14. The van der Waals surface area contributed by atoms with E-state index in [-0.39, 0.29) is 0 Å². The van der Waals surface area contributed by atoms with Gasteiger partial charge in [0.1, 0.15) is 0 Å². The van der Waals surface area contributed by atoms with Crippen molar-refractivity contribution in [1.82, 2.24) is 0 Å². The van der Waals surface area contributed by atoms with Crippen LogP contribution in [0.25, 0.3) is 11.1 Å². The quantitative estimate of drug-likeness (QED) is 0.464. The van der Waals surface area contributed by atoms with Crippen LogP contribution >= 0.6 is 0 Å². The first-order valence-electron chi connectivity index (χ1n) is 10.8. The van der Waals surface area contributed by atoms with Gasteiger partial charge in [0.2, 0.25) is 0 Å². The predicted molar refractivity (Wildman–Crippen MR) is 125 cm³/mol. The number of hydrogen-bond donors (Lipinski definition) is 2. The molecule has 4 aromatic carbocycles. The highest BCUT2D eigenvalue weighted by Crippen LogP contribution is 2.53. The number of hydrogen-bond acceptors (Lipinski definition) is 2. The fourth-order valence-electron chi connectivity index (χ4n) is 5.24. The molecule has 0 spiro atoms. The molecule has 0 saturated heterocycles. The molecule has 2 N–H and O–H groups in total. The Morgan fingerprint density at radius 3 is 1.26 bits per heavy atom. The molecule has 0 aromatic heterocycles. The fraction of sp³-hybridized carbons (Fsp3) is 0.172. The van der Waals surface area contributed by atoms with Gasteiger partial charge in [0.05, 0.1) is 17.6 Å². The van der Waals surface area contributed by atoms with Crippen molar-refractivity contribution in [3.05, 3.63) is 131 Å². The molecule has 2 unspecified atom stereocenters. The summed E-state index contributed by atoms with van der Waals surface area (Å²) >= 11 is 0. The van der Waals surface area contributed by atoms with E-state index in [1.807, 2.05) is 84.9 Å². The third kappa shape index (κ3) is 3.29. The smallest absolute Gasteiger partial charge is 0.0743 e. The number of aliphatic hydroxyl groups is 2. The summed E-state index contributed by atoms with van der Waals surface area (Å²) in [5.41, 5.74) is 5.41. The molecular weight excluding hydrogens is 380 g/mol. The zero-order valence-corrected chi connectivity index (χ0v) is 17.4. The van der Waals surface area contributed by atoms with Crippen molar-refractivity contribution in [1.29, 1.82) is 0 Å². The molecule has 2 nitrogen and oxygen atoms in total. The van der Waals surface area contributed by atoms with E-state index in [0.717, 1.165) is 33.4 Å². The summed E-state index contributed by atoms with van der Waals surface area (Å²) in [4.78, 5) is 0. The van der Waals surface area contributed by atoms with Crippen molar-refractivity contribution in [2.24, 2.45) is 0 Å². The van der Waals surface area contributed by atoms with Crippen LogP contribution in [0, 0.1) is 0 Å². The van der Waals surface area contributed by atoms with Gasteiger partial charge in [-0.1, -0.05) is 109 Å². The van der Waals surface area contributed by atoms with E-state index >= 15 is 0 Å². The van der Waals surface area contributed by atoms with Crippen LogP contribution in [0.5, 0.6) is 0 Å². The van der Waals surface area contributed by atoms with E-state index in [4.69, 9.17) is 0 Å². The normalized spacial score (nSPS) is 15.7. The molecule has 0 heterocycles. The molecule has 0 bridgehead atoms. The standard InChI is InChI=1S/C29H26O2/c30-27(19-21-11-3-1-4-12-21)29(28(31)20-22-13-5-2-6-14-22)25-17-9-7-15-23(25)24-16-8-10-18-26(24)29/h1-18,27-28,30-31H,19-20H2. The minimum Gasteiger partial charge on any atom is -0.391 e. The summed E-state index contributed by atoms with van der Waals surface area (Å²) in [5, 5.41) is 23.7. The Labute approximate surface area is 183 Å². The lowest BCUT2D eigenvalue weighted by Crippen LogP contribution is -2.51. The Morgan fingerprint density at radius 1 is 0.484 bits per heavy atom. The van der Waals surface area contributed by atoms with Crippen LogP contribution in [0.4, 0.5) is 0 Å². The summed E-state index contributed by atoms with van der Waals surface area (Å²) in [7, 11) is 0. The number of aliphatic hydroxyl groups excluding tert-OH is 2.